The highest BCUT2D eigenvalue weighted by Crippen LogP contribution is 2.19. The smallest absolute Gasteiger partial charge is 0.266 e. The van der Waals surface area contributed by atoms with Crippen molar-refractivity contribution >= 4 is 23.2 Å². The highest BCUT2D eigenvalue weighted by atomic mass is 35.5. The van der Waals surface area contributed by atoms with E-state index in [2.05, 4.69) is 10.4 Å². The molecule has 5 nitrogen and oxygen atoms in total. The molecule has 144 valence electrons. The summed E-state index contributed by atoms with van der Waals surface area (Å²) in [6.07, 6.45) is 0.834. The van der Waals surface area contributed by atoms with E-state index in [0.29, 0.717) is 30.1 Å². The number of hydrogen-bond acceptors (Lipinski definition) is 3. The van der Waals surface area contributed by atoms with Crippen LogP contribution < -0.4 is 10.9 Å². The van der Waals surface area contributed by atoms with Crippen molar-refractivity contribution in [3.8, 4) is 11.3 Å². The van der Waals surface area contributed by atoms with Gasteiger partial charge in [-0.05, 0) is 55.7 Å². The van der Waals surface area contributed by atoms with Gasteiger partial charge in [0.05, 0.1) is 5.69 Å². The maximum Gasteiger partial charge on any atom is 0.266 e. The second kappa shape index (κ2) is 8.85. The molecule has 0 aliphatic rings. The van der Waals surface area contributed by atoms with E-state index in [4.69, 9.17) is 11.6 Å². The van der Waals surface area contributed by atoms with Gasteiger partial charge in [0, 0.05) is 35.3 Å². The summed E-state index contributed by atoms with van der Waals surface area (Å²) < 4.78 is 1.40. The number of hydrogen-bond donors (Lipinski definition) is 1. The summed E-state index contributed by atoms with van der Waals surface area (Å²) >= 11 is 5.92. The Kier molecular flexibility index (Phi) is 6.26. The van der Waals surface area contributed by atoms with Crippen LogP contribution in [-0.4, -0.2) is 15.7 Å². The lowest BCUT2D eigenvalue weighted by Gasteiger charge is -2.10. The zero-order valence-electron chi connectivity index (χ0n) is 15.9. The Bertz CT molecular complexity index is 1040. The van der Waals surface area contributed by atoms with E-state index in [1.165, 1.54) is 10.7 Å². The first-order chi connectivity index (χ1) is 13.4. The van der Waals surface area contributed by atoms with Crippen molar-refractivity contribution in [3.05, 3.63) is 81.1 Å². The van der Waals surface area contributed by atoms with Crippen LogP contribution in [-0.2, 0) is 11.3 Å². The van der Waals surface area contributed by atoms with Gasteiger partial charge in [-0.1, -0.05) is 35.9 Å². The van der Waals surface area contributed by atoms with Crippen LogP contribution in [0.3, 0.4) is 0 Å². The summed E-state index contributed by atoms with van der Waals surface area (Å²) in [4.78, 5) is 24.3. The zero-order valence-corrected chi connectivity index (χ0v) is 16.7. The van der Waals surface area contributed by atoms with Crippen molar-refractivity contribution < 1.29 is 4.79 Å². The van der Waals surface area contributed by atoms with Crippen molar-refractivity contribution in [1.82, 2.24) is 9.78 Å². The Hall–Kier alpha value is -2.92. The number of anilines is 1. The van der Waals surface area contributed by atoms with Gasteiger partial charge >= 0.3 is 0 Å². The standard InChI is InChI=1S/C22H22ClN3O2/c1-15-5-6-16(2)20(14-15)24-21(27)4-3-13-26-22(28)12-11-19(25-26)17-7-9-18(23)10-8-17/h5-12,14H,3-4,13H2,1-2H3,(H,24,27). The number of nitrogens with zero attached hydrogens (tertiary/aromatic N) is 2. The van der Waals surface area contributed by atoms with Gasteiger partial charge in [-0.3, -0.25) is 9.59 Å². The highest BCUT2D eigenvalue weighted by Gasteiger charge is 2.07. The minimum Gasteiger partial charge on any atom is -0.326 e. The molecule has 0 radical (unpaired) electrons. The largest absolute Gasteiger partial charge is 0.326 e. The molecule has 0 bridgehead atoms. The summed E-state index contributed by atoms with van der Waals surface area (Å²) in [5.41, 5.74) is 4.32. The molecule has 3 rings (SSSR count). The van der Waals surface area contributed by atoms with E-state index < -0.39 is 0 Å². The maximum absolute atomic E-state index is 12.2. The average Bonchev–Trinajstić information content (AvgIpc) is 2.67. The Labute approximate surface area is 169 Å². The van der Waals surface area contributed by atoms with Crippen LogP contribution in [0.2, 0.25) is 5.02 Å². The van der Waals surface area contributed by atoms with Crippen LogP contribution in [0.25, 0.3) is 11.3 Å². The second-order valence-electron chi connectivity index (χ2n) is 6.76. The molecule has 0 saturated carbocycles. The van der Waals surface area contributed by atoms with Gasteiger partial charge in [-0.25, -0.2) is 4.68 Å². The van der Waals surface area contributed by atoms with E-state index in [1.54, 1.807) is 18.2 Å². The molecule has 2 aromatic carbocycles. The minimum atomic E-state index is -0.187. The molecule has 0 atom stereocenters. The number of amides is 1. The fraction of sp³-hybridized carbons (Fsp3) is 0.227. The topological polar surface area (TPSA) is 64.0 Å². The zero-order chi connectivity index (χ0) is 20.1. The predicted octanol–water partition coefficient (Wildman–Crippen LogP) is 4.60. The summed E-state index contributed by atoms with van der Waals surface area (Å²) in [6, 6.07) is 16.4. The van der Waals surface area contributed by atoms with E-state index in [1.807, 2.05) is 44.2 Å². The fourth-order valence-electron chi connectivity index (χ4n) is 2.86. The molecule has 0 aliphatic heterocycles. The molecular formula is C22H22ClN3O2. The number of carbonyl (C=O) groups excluding carboxylic acids is 1. The Morgan fingerprint density at radius 3 is 2.57 bits per heavy atom. The Morgan fingerprint density at radius 2 is 1.82 bits per heavy atom. The summed E-state index contributed by atoms with van der Waals surface area (Å²) in [7, 11) is 0. The first-order valence-electron chi connectivity index (χ1n) is 9.13. The predicted molar refractivity (Wildman–Crippen MR) is 113 cm³/mol. The second-order valence-corrected chi connectivity index (χ2v) is 7.19. The Morgan fingerprint density at radius 1 is 1.07 bits per heavy atom. The fourth-order valence-corrected chi connectivity index (χ4v) is 2.98. The molecule has 1 amide bonds. The summed E-state index contributed by atoms with van der Waals surface area (Å²) in [5.74, 6) is -0.0735. The minimum absolute atomic E-state index is 0.0735. The third kappa shape index (κ3) is 5.08. The summed E-state index contributed by atoms with van der Waals surface area (Å²) in [6.45, 7) is 4.32. The number of aryl methyl sites for hydroxylation is 3. The van der Waals surface area contributed by atoms with Gasteiger partial charge < -0.3 is 5.32 Å². The first-order valence-corrected chi connectivity index (χ1v) is 9.51. The lowest BCUT2D eigenvalue weighted by molar-refractivity contribution is -0.116. The number of nitrogens with one attached hydrogen (secondary N) is 1. The van der Waals surface area contributed by atoms with Gasteiger partial charge in [0.25, 0.3) is 5.56 Å². The first kappa shape index (κ1) is 19.8. The lowest BCUT2D eigenvalue weighted by atomic mass is 10.1. The number of benzene rings is 2. The molecule has 3 aromatic rings. The van der Waals surface area contributed by atoms with Crippen molar-refractivity contribution in [2.75, 3.05) is 5.32 Å². The molecule has 1 N–H and O–H groups in total. The molecule has 0 aliphatic carbocycles. The molecule has 0 unspecified atom stereocenters. The SMILES string of the molecule is Cc1ccc(C)c(NC(=O)CCCn2nc(-c3ccc(Cl)cc3)ccc2=O)c1. The lowest BCUT2D eigenvalue weighted by Crippen LogP contribution is -2.23. The number of halogens is 1. The molecule has 6 heteroatoms. The molecule has 1 aromatic heterocycles. The van der Waals surface area contributed by atoms with Gasteiger partial charge in [0.2, 0.25) is 5.91 Å². The van der Waals surface area contributed by atoms with Crippen LogP contribution in [0.4, 0.5) is 5.69 Å². The molecule has 0 spiro atoms. The molecule has 0 fully saturated rings. The third-order valence-electron chi connectivity index (χ3n) is 4.45. The summed E-state index contributed by atoms with van der Waals surface area (Å²) in [5, 5.41) is 7.99. The monoisotopic (exact) mass is 395 g/mol. The van der Waals surface area contributed by atoms with Gasteiger partial charge in [-0.2, -0.15) is 5.10 Å². The van der Waals surface area contributed by atoms with Crippen LogP contribution in [0.1, 0.15) is 24.0 Å². The number of carbonyl (C=O) groups is 1. The quantitative estimate of drug-likeness (QED) is 0.663. The van der Waals surface area contributed by atoms with Crippen molar-refractivity contribution in [1.29, 1.82) is 0 Å². The molecule has 1 heterocycles. The average molecular weight is 396 g/mol. The van der Waals surface area contributed by atoms with Gasteiger partial charge in [0.1, 0.15) is 0 Å². The van der Waals surface area contributed by atoms with E-state index in [0.717, 1.165) is 22.4 Å². The normalized spacial score (nSPS) is 10.7. The van der Waals surface area contributed by atoms with E-state index >= 15 is 0 Å². The van der Waals surface area contributed by atoms with E-state index in [-0.39, 0.29) is 11.5 Å². The van der Waals surface area contributed by atoms with Crippen molar-refractivity contribution in [2.45, 2.75) is 33.2 Å². The molecular weight excluding hydrogens is 374 g/mol. The van der Waals surface area contributed by atoms with Crippen LogP contribution >= 0.6 is 11.6 Å². The van der Waals surface area contributed by atoms with Gasteiger partial charge in [0.15, 0.2) is 0 Å². The maximum atomic E-state index is 12.2. The van der Waals surface area contributed by atoms with Crippen molar-refractivity contribution in [3.63, 3.8) is 0 Å². The van der Waals surface area contributed by atoms with Gasteiger partial charge in [-0.15, -0.1) is 0 Å². The van der Waals surface area contributed by atoms with Crippen molar-refractivity contribution in [2.24, 2.45) is 0 Å². The number of rotatable bonds is 6. The molecule has 28 heavy (non-hydrogen) atoms. The van der Waals surface area contributed by atoms with Crippen LogP contribution in [0.15, 0.2) is 59.4 Å². The molecule has 0 saturated heterocycles. The van der Waals surface area contributed by atoms with E-state index in [9.17, 15) is 9.59 Å². The third-order valence-corrected chi connectivity index (χ3v) is 4.70. The number of aromatic nitrogens is 2. The van der Waals surface area contributed by atoms with Crippen LogP contribution in [0.5, 0.6) is 0 Å². The Balaban J connectivity index is 1.62. The van der Waals surface area contributed by atoms with Crippen LogP contribution in [0, 0.1) is 13.8 Å². The highest BCUT2D eigenvalue weighted by molar-refractivity contribution is 6.30.